The first-order chi connectivity index (χ1) is 14.6. The molecule has 1 amide bonds. The van der Waals surface area contributed by atoms with Gasteiger partial charge in [-0.1, -0.05) is 65.3 Å². The van der Waals surface area contributed by atoms with E-state index in [1.54, 1.807) is 7.11 Å². The van der Waals surface area contributed by atoms with Crippen LogP contribution in [0.4, 0.5) is 0 Å². The number of rotatable bonds is 10. The highest BCUT2D eigenvalue weighted by Gasteiger charge is 2.17. The van der Waals surface area contributed by atoms with Gasteiger partial charge in [0.1, 0.15) is 0 Å². The van der Waals surface area contributed by atoms with E-state index in [4.69, 9.17) is 16.3 Å². The minimum Gasteiger partial charge on any atom is -0.385 e. The fraction of sp³-hybridized carbons (Fsp3) is 0.318. The summed E-state index contributed by atoms with van der Waals surface area (Å²) in [7, 11) is 1.68. The Balaban J connectivity index is 1.66. The maximum absolute atomic E-state index is 12.3. The normalized spacial score (nSPS) is 10.9. The van der Waals surface area contributed by atoms with Gasteiger partial charge < -0.3 is 14.6 Å². The number of amides is 1. The van der Waals surface area contributed by atoms with Crippen molar-refractivity contribution in [2.24, 2.45) is 0 Å². The van der Waals surface area contributed by atoms with E-state index in [-0.39, 0.29) is 11.7 Å². The maximum Gasteiger partial charge on any atom is 0.230 e. The lowest BCUT2D eigenvalue weighted by atomic mass is 10.1. The summed E-state index contributed by atoms with van der Waals surface area (Å²) < 4.78 is 7.18. The average Bonchev–Trinajstić information content (AvgIpc) is 3.15. The molecule has 0 spiro atoms. The molecule has 30 heavy (non-hydrogen) atoms. The van der Waals surface area contributed by atoms with Crippen molar-refractivity contribution in [3.8, 4) is 11.4 Å². The molecule has 1 aromatic heterocycles. The lowest BCUT2D eigenvalue weighted by Crippen LogP contribution is -2.24. The molecule has 0 saturated heterocycles. The van der Waals surface area contributed by atoms with Gasteiger partial charge in [0.2, 0.25) is 5.91 Å². The molecule has 0 unspecified atom stereocenters. The van der Waals surface area contributed by atoms with Gasteiger partial charge in [0, 0.05) is 32.4 Å². The third-order valence-electron chi connectivity index (χ3n) is 4.50. The van der Waals surface area contributed by atoms with Gasteiger partial charge in [-0.3, -0.25) is 4.79 Å². The average molecular weight is 445 g/mol. The van der Waals surface area contributed by atoms with E-state index in [1.165, 1.54) is 17.3 Å². The number of ether oxygens (including phenoxy) is 1. The molecular weight excluding hydrogens is 420 g/mol. The summed E-state index contributed by atoms with van der Waals surface area (Å²) in [5, 5.41) is 12.9. The van der Waals surface area contributed by atoms with Crippen LogP contribution in [0.3, 0.4) is 0 Å². The van der Waals surface area contributed by atoms with Crippen LogP contribution in [0, 0.1) is 6.92 Å². The highest BCUT2D eigenvalue weighted by molar-refractivity contribution is 7.99. The molecule has 1 N–H and O–H groups in total. The number of nitrogens with one attached hydrogen (secondary N) is 1. The zero-order valence-corrected chi connectivity index (χ0v) is 18.7. The molecule has 8 heteroatoms. The van der Waals surface area contributed by atoms with Crippen molar-refractivity contribution in [1.29, 1.82) is 0 Å². The Kier molecular flexibility index (Phi) is 8.30. The molecule has 0 atom stereocenters. The van der Waals surface area contributed by atoms with Crippen LogP contribution in [0.25, 0.3) is 11.4 Å². The Morgan fingerprint density at radius 2 is 1.93 bits per heavy atom. The molecule has 1 heterocycles. The minimum absolute atomic E-state index is 0.0497. The fourth-order valence-electron chi connectivity index (χ4n) is 2.89. The Morgan fingerprint density at radius 1 is 1.17 bits per heavy atom. The van der Waals surface area contributed by atoms with Crippen LogP contribution >= 0.6 is 23.4 Å². The summed E-state index contributed by atoms with van der Waals surface area (Å²) in [6, 6.07) is 15.7. The molecular formula is C22H25ClN4O2S. The van der Waals surface area contributed by atoms with Gasteiger partial charge in [-0.15, -0.1) is 10.2 Å². The van der Waals surface area contributed by atoms with E-state index in [0.29, 0.717) is 35.7 Å². The van der Waals surface area contributed by atoms with E-state index in [2.05, 4.69) is 15.5 Å². The topological polar surface area (TPSA) is 69.0 Å². The Bertz CT molecular complexity index is 976. The summed E-state index contributed by atoms with van der Waals surface area (Å²) in [5.41, 5.74) is 3.09. The van der Waals surface area contributed by atoms with Crippen molar-refractivity contribution in [2.45, 2.75) is 31.6 Å². The predicted molar refractivity (Wildman–Crippen MR) is 121 cm³/mol. The van der Waals surface area contributed by atoms with Gasteiger partial charge in [-0.25, -0.2) is 0 Å². The molecule has 2 aromatic carbocycles. The molecule has 0 fully saturated rings. The van der Waals surface area contributed by atoms with Crippen LogP contribution in [-0.2, 0) is 22.6 Å². The van der Waals surface area contributed by atoms with Gasteiger partial charge in [0.15, 0.2) is 11.0 Å². The molecule has 0 bridgehead atoms. The van der Waals surface area contributed by atoms with E-state index < -0.39 is 0 Å². The van der Waals surface area contributed by atoms with Crippen LogP contribution in [0.5, 0.6) is 0 Å². The van der Waals surface area contributed by atoms with E-state index >= 15 is 0 Å². The third kappa shape index (κ3) is 6.08. The largest absolute Gasteiger partial charge is 0.385 e. The van der Waals surface area contributed by atoms with Gasteiger partial charge in [0.25, 0.3) is 0 Å². The number of hydrogen-bond acceptors (Lipinski definition) is 5. The van der Waals surface area contributed by atoms with Crippen LogP contribution in [-0.4, -0.2) is 40.1 Å². The van der Waals surface area contributed by atoms with Crippen LogP contribution in [0.15, 0.2) is 53.7 Å². The minimum atomic E-state index is -0.0497. The van der Waals surface area contributed by atoms with Gasteiger partial charge >= 0.3 is 0 Å². The lowest BCUT2D eigenvalue weighted by Gasteiger charge is -2.11. The second-order valence-corrected chi connectivity index (χ2v) is 8.18. The lowest BCUT2D eigenvalue weighted by molar-refractivity contribution is -0.118. The van der Waals surface area contributed by atoms with Crippen molar-refractivity contribution in [3.05, 3.63) is 64.7 Å². The first-order valence-electron chi connectivity index (χ1n) is 9.70. The van der Waals surface area contributed by atoms with Crippen molar-refractivity contribution < 1.29 is 9.53 Å². The van der Waals surface area contributed by atoms with Gasteiger partial charge in [-0.05, 0) is 31.0 Å². The first-order valence-corrected chi connectivity index (χ1v) is 11.1. The summed E-state index contributed by atoms with van der Waals surface area (Å²) in [6.45, 7) is 3.85. The van der Waals surface area contributed by atoms with Gasteiger partial charge in [0.05, 0.1) is 10.8 Å². The van der Waals surface area contributed by atoms with Crippen molar-refractivity contribution >= 4 is 29.3 Å². The zero-order valence-electron chi connectivity index (χ0n) is 17.1. The molecule has 158 valence electrons. The molecule has 3 aromatic rings. The van der Waals surface area contributed by atoms with Crippen molar-refractivity contribution in [1.82, 2.24) is 20.1 Å². The first kappa shape index (κ1) is 22.3. The monoisotopic (exact) mass is 444 g/mol. The van der Waals surface area contributed by atoms with Gasteiger partial charge in [-0.2, -0.15) is 0 Å². The number of carbonyl (C=O) groups is 1. The highest BCUT2D eigenvalue weighted by Crippen LogP contribution is 2.29. The van der Waals surface area contributed by atoms with E-state index in [1.807, 2.05) is 60.0 Å². The fourth-order valence-corrected chi connectivity index (χ4v) is 3.91. The highest BCUT2D eigenvalue weighted by atomic mass is 35.5. The second-order valence-electron chi connectivity index (χ2n) is 6.84. The van der Waals surface area contributed by atoms with Crippen LogP contribution in [0.2, 0.25) is 5.02 Å². The quantitative estimate of drug-likeness (QED) is 0.372. The molecule has 0 aliphatic heterocycles. The number of benzene rings is 2. The van der Waals surface area contributed by atoms with Crippen molar-refractivity contribution in [3.63, 3.8) is 0 Å². The predicted octanol–water partition coefficient (Wildman–Crippen LogP) is 4.35. The summed E-state index contributed by atoms with van der Waals surface area (Å²) in [5.74, 6) is 0.905. The molecule has 6 nitrogen and oxygen atoms in total. The standard InChI is InChI=1S/C22H25ClN4O2S/c1-16-8-10-17(11-9-16)14-24-20(28)15-30-22-26-25-21(27(22)12-5-13-29-2)18-6-3-4-7-19(18)23/h3-4,6-11H,5,12-15H2,1-2H3,(H,24,28). The molecule has 0 aliphatic carbocycles. The summed E-state index contributed by atoms with van der Waals surface area (Å²) in [6.07, 6.45) is 0.805. The molecule has 0 radical (unpaired) electrons. The smallest absolute Gasteiger partial charge is 0.230 e. The number of aromatic nitrogens is 3. The Hall–Kier alpha value is -2.35. The Morgan fingerprint density at radius 3 is 2.67 bits per heavy atom. The molecule has 3 rings (SSSR count). The SMILES string of the molecule is COCCCn1c(SCC(=O)NCc2ccc(C)cc2)nnc1-c1ccccc1Cl. The number of nitrogens with zero attached hydrogens (tertiary/aromatic N) is 3. The number of hydrogen-bond donors (Lipinski definition) is 1. The molecule has 0 aliphatic rings. The number of thioether (sulfide) groups is 1. The van der Waals surface area contributed by atoms with Crippen molar-refractivity contribution in [2.75, 3.05) is 19.5 Å². The number of halogens is 1. The van der Waals surface area contributed by atoms with Crippen LogP contribution in [0.1, 0.15) is 17.5 Å². The summed E-state index contributed by atoms with van der Waals surface area (Å²) >= 11 is 7.73. The summed E-state index contributed by atoms with van der Waals surface area (Å²) in [4.78, 5) is 12.3. The number of aryl methyl sites for hydroxylation is 1. The van der Waals surface area contributed by atoms with E-state index in [0.717, 1.165) is 17.5 Å². The third-order valence-corrected chi connectivity index (χ3v) is 5.80. The maximum atomic E-state index is 12.3. The number of methoxy groups -OCH3 is 1. The second kappa shape index (κ2) is 11.2. The number of carbonyl (C=O) groups excluding carboxylic acids is 1. The van der Waals surface area contributed by atoms with E-state index in [9.17, 15) is 4.79 Å². The molecule has 0 saturated carbocycles. The zero-order chi connectivity index (χ0) is 21.3. The van der Waals surface area contributed by atoms with Crippen LogP contribution < -0.4 is 5.32 Å². The Labute approximate surface area is 186 Å².